The molecule has 1 heterocycles. The lowest BCUT2D eigenvalue weighted by Gasteiger charge is -2.24. The summed E-state index contributed by atoms with van der Waals surface area (Å²) in [7, 11) is -6.62. The molecule has 0 aromatic rings. The van der Waals surface area contributed by atoms with Crippen LogP contribution in [0.4, 0.5) is 0 Å². The van der Waals surface area contributed by atoms with Gasteiger partial charge < -0.3 is 5.73 Å². The number of hydrogen-bond acceptors (Lipinski definition) is 5. The van der Waals surface area contributed by atoms with Crippen LogP contribution in [0.25, 0.3) is 0 Å². The average molecular weight is 300 g/mol. The zero-order valence-electron chi connectivity index (χ0n) is 9.42. The Kier molecular flexibility index (Phi) is 4.50. The molecule has 1 rings (SSSR count). The van der Waals surface area contributed by atoms with Crippen LogP contribution in [0, 0.1) is 0 Å². The zero-order valence-corrected chi connectivity index (χ0v) is 11.9. The molecule has 1 unspecified atom stereocenters. The van der Waals surface area contributed by atoms with E-state index in [1.807, 2.05) is 0 Å². The first-order valence-corrected chi connectivity index (χ1v) is 8.92. The lowest BCUT2D eigenvalue weighted by atomic mass is 10.2. The maximum atomic E-state index is 11.9. The summed E-state index contributed by atoms with van der Waals surface area (Å²) in [5.41, 5.74) is 5.32. The Labute approximate surface area is 107 Å². The molecule has 0 saturated carbocycles. The van der Waals surface area contributed by atoms with Crippen LogP contribution >= 0.6 is 12.2 Å². The zero-order chi connectivity index (χ0) is 13.3. The summed E-state index contributed by atoms with van der Waals surface area (Å²) in [5, 5.41) is -0.678. The van der Waals surface area contributed by atoms with E-state index in [0.29, 0.717) is 0 Å². The molecule has 0 aromatic carbocycles. The largest absolute Gasteiger partial charge is 0.392 e. The summed E-state index contributed by atoms with van der Waals surface area (Å²) in [6.45, 7) is 1.56. The van der Waals surface area contributed by atoms with Crippen molar-refractivity contribution in [3.05, 3.63) is 0 Å². The number of sulfonamides is 1. The minimum Gasteiger partial charge on any atom is -0.392 e. The summed E-state index contributed by atoms with van der Waals surface area (Å²) < 4.78 is 48.5. The summed E-state index contributed by atoms with van der Waals surface area (Å²) in [6, 6.07) is -0.617. The fourth-order valence-corrected chi connectivity index (χ4v) is 5.17. The molecule has 17 heavy (non-hydrogen) atoms. The summed E-state index contributed by atoms with van der Waals surface area (Å²) >= 11 is 4.68. The van der Waals surface area contributed by atoms with Crippen molar-refractivity contribution >= 4 is 37.1 Å². The number of thiocarbonyl (C=S) groups is 1. The first kappa shape index (κ1) is 14.8. The van der Waals surface area contributed by atoms with Crippen molar-refractivity contribution < 1.29 is 16.8 Å². The van der Waals surface area contributed by atoms with E-state index in [9.17, 15) is 16.8 Å². The summed E-state index contributed by atoms with van der Waals surface area (Å²) in [6.07, 6.45) is 0.253. The van der Waals surface area contributed by atoms with E-state index in [1.54, 1.807) is 6.92 Å². The second kappa shape index (κ2) is 5.17. The fourth-order valence-electron chi connectivity index (χ4n) is 1.58. The molecule has 1 aliphatic rings. The van der Waals surface area contributed by atoms with Crippen molar-refractivity contribution in [1.29, 1.82) is 0 Å². The van der Waals surface area contributed by atoms with Gasteiger partial charge in [0.15, 0.2) is 0 Å². The maximum absolute atomic E-state index is 11.9. The molecule has 1 atom stereocenters. The molecular formula is C8H16N2O4S3. The lowest BCUT2D eigenvalue weighted by Crippen LogP contribution is -2.47. The van der Waals surface area contributed by atoms with Gasteiger partial charge in [0.25, 0.3) is 0 Å². The third-order valence-corrected chi connectivity index (χ3v) is 6.81. The summed E-state index contributed by atoms with van der Waals surface area (Å²) in [4.78, 5) is 0.0667. The average Bonchev–Trinajstić information content (AvgIpc) is 2.15. The highest BCUT2D eigenvalue weighted by molar-refractivity contribution is 7.92. The van der Waals surface area contributed by atoms with Gasteiger partial charge in [-0.05, 0) is 19.8 Å². The molecule has 9 heteroatoms. The number of sulfone groups is 1. The van der Waals surface area contributed by atoms with Crippen molar-refractivity contribution in [1.82, 2.24) is 4.72 Å². The van der Waals surface area contributed by atoms with Crippen LogP contribution in [0.15, 0.2) is 0 Å². The van der Waals surface area contributed by atoms with Crippen LogP contribution in [-0.4, -0.2) is 44.6 Å². The van der Waals surface area contributed by atoms with Gasteiger partial charge in [-0.1, -0.05) is 12.2 Å². The van der Waals surface area contributed by atoms with Crippen LogP contribution in [0.2, 0.25) is 0 Å². The topological polar surface area (TPSA) is 106 Å². The quantitative estimate of drug-likeness (QED) is 0.656. The number of hydrogen-bond donors (Lipinski definition) is 2. The van der Waals surface area contributed by atoms with E-state index < -0.39 is 31.2 Å². The van der Waals surface area contributed by atoms with Gasteiger partial charge >= 0.3 is 0 Å². The second-order valence-corrected chi connectivity index (χ2v) is 8.91. The molecule has 1 saturated heterocycles. The Balaban J connectivity index is 2.70. The highest BCUT2D eigenvalue weighted by Gasteiger charge is 2.33. The fraction of sp³-hybridized carbons (Fsp3) is 0.875. The molecule has 6 nitrogen and oxygen atoms in total. The van der Waals surface area contributed by atoms with Gasteiger partial charge in [0, 0.05) is 0 Å². The predicted octanol–water partition coefficient (Wildman–Crippen LogP) is -0.842. The van der Waals surface area contributed by atoms with Crippen molar-refractivity contribution in [2.24, 2.45) is 5.73 Å². The maximum Gasteiger partial charge on any atom is 0.215 e. The lowest BCUT2D eigenvalue weighted by molar-refractivity contribution is 0.540. The molecule has 0 bridgehead atoms. The van der Waals surface area contributed by atoms with Crippen LogP contribution in [0.3, 0.4) is 0 Å². The number of nitrogens with two attached hydrogens (primary N) is 1. The highest BCUT2D eigenvalue weighted by atomic mass is 32.2. The first-order valence-electron chi connectivity index (χ1n) is 5.15. The van der Waals surface area contributed by atoms with Crippen molar-refractivity contribution in [2.75, 3.05) is 11.5 Å². The third-order valence-electron chi connectivity index (χ3n) is 2.71. The predicted molar refractivity (Wildman–Crippen MR) is 70.0 cm³/mol. The Morgan fingerprint density at radius 3 is 2.29 bits per heavy atom. The third kappa shape index (κ3) is 4.16. The molecule has 100 valence electrons. The van der Waals surface area contributed by atoms with E-state index in [4.69, 9.17) is 5.73 Å². The molecule has 0 spiro atoms. The molecule has 0 radical (unpaired) electrons. The van der Waals surface area contributed by atoms with E-state index in [2.05, 4.69) is 16.9 Å². The molecule has 0 aromatic heterocycles. The van der Waals surface area contributed by atoms with Gasteiger partial charge in [-0.3, -0.25) is 0 Å². The number of nitrogens with one attached hydrogen (secondary N) is 1. The Hall–Kier alpha value is -0.250. The Morgan fingerprint density at radius 2 is 1.88 bits per heavy atom. The van der Waals surface area contributed by atoms with Crippen LogP contribution in [-0.2, 0) is 19.9 Å². The first-order chi connectivity index (χ1) is 7.64. The van der Waals surface area contributed by atoms with Crippen molar-refractivity contribution in [2.45, 2.75) is 31.1 Å². The van der Waals surface area contributed by atoms with Gasteiger partial charge in [0.05, 0.1) is 27.8 Å². The van der Waals surface area contributed by atoms with Gasteiger partial charge in [0.2, 0.25) is 10.0 Å². The van der Waals surface area contributed by atoms with E-state index in [1.165, 1.54) is 0 Å². The van der Waals surface area contributed by atoms with E-state index >= 15 is 0 Å². The van der Waals surface area contributed by atoms with Gasteiger partial charge in [0.1, 0.15) is 9.84 Å². The molecule has 0 amide bonds. The van der Waals surface area contributed by atoms with E-state index in [-0.39, 0.29) is 29.3 Å². The standard InChI is InChI=1S/C8H16N2O4S3/c1-6(8(9)15)10-17(13,14)7-2-4-16(11,12)5-3-7/h6-7,10H,2-5H2,1H3,(H2,9,15). The van der Waals surface area contributed by atoms with Crippen LogP contribution in [0.5, 0.6) is 0 Å². The van der Waals surface area contributed by atoms with E-state index in [0.717, 1.165) is 0 Å². The molecular weight excluding hydrogens is 284 g/mol. The summed E-state index contributed by atoms with van der Waals surface area (Å²) in [5.74, 6) is -0.167. The van der Waals surface area contributed by atoms with Crippen LogP contribution in [0.1, 0.15) is 19.8 Å². The number of rotatable bonds is 4. The van der Waals surface area contributed by atoms with Crippen molar-refractivity contribution in [3.63, 3.8) is 0 Å². The smallest absolute Gasteiger partial charge is 0.215 e. The molecule has 1 fully saturated rings. The Morgan fingerprint density at radius 1 is 1.41 bits per heavy atom. The highest BCUT2D eigenvalue weighted by Crippen LogP contribution is 2.18. The normalized spacial score (nSPS) is 23.1. The Bertz CT molecular complexity index is 483. The van der Waals surface area contributed by atoms with Crippen LogP contribution < -0.4 is 10.5 Å². The minimum absolute atomic E-state index is 0.0667. The minimum atomic E-state index is -3.56. The SMILES string of the molecule is CC(NS(=O)(=O)C1CCS(=O)(=O)CC1)C(N)=S. The van der Waals surface area contributed by atoms with Gasteiger partial charge in [-0.2, -0.15) is 0 Å². The van der Waals surface area contributed by atoms with Crippen molar-refractivity contribution in [3.8, 4) is 0 Å². The van der Waals surface area contributed by atoms with Gasteiger partial charge in [-0.15, -0.1) is 0 Å². The van der Waals surface area contributed by atoms with Gasteiger partial charge in [-0.25, -0.2) is 21.6 Å². The molecule has 0 aliphatic carbocycles. The molecule has 1 aliphatic heterocycles. The monoisotopic (exact) mass is 300 g/mol. The second-order valence-electron chi connectivity index (χ2n) is 4.14. The molecule has 3 N–H and O–H groups in total.